The minimum Gasteiger partial charge on any atom is -0.506 e. The summed E-state index contributed by atoms with van der Waals surface area (Å²) in [5.41, 5.74) is 3.69. The van der Waals surface area contributed by atoms with Crippen LogP contribution in [0, 0.1) is 5.92 Å². The van der Waals surface area contributed by atoms with Crippen LogP contribution >= 0.6 is 23.2 Å². The van der Waals surface area contributed by atoms with Crippen LogP contribution in [0.15, 0.2) is 47.6 Å². The molecule has 140 valence electrons. The molecule has 1 heterocycles. The Kier molecular flexibility index (Phi) is 5.98. The smallest absolute Gasteiger partial charge is 0.245 e. The van der Waals surface area contributed by atoms with E-state index in [1.807, 2.05) is 30.3 Å². The van der Waals surface area contributed by atoms with E-state index in [4.69, 9.17) is 23.2 Å². The Morgan fingerprint density at radius 1 is 1.30 bits per heavy atom. The zero-order valence-electron chi connectivity index (χ0n) is 14.2. The van der Waals surface area contributed by atoms with Gasteiger partial charge in [-0.25, -0.2) is 5.43 Å². The van der Waals surface area contributed by atoms with Gasteiger partial charge in [-0.05, 0) is 17.7 Å². The minimum absolute atomic E-state index is 0.0674. The second-order valence-corrected chi connectivity index (χ2v) is 7.06. The van der Waals surface area contributed by atoms with Crippen LogP contribution in [0.25, 0.3) is 0 Å². The van der Waals surface area contributed by atoms with Crippen molar-refractivity contribution < 1.29 is 14.7 Å². The van der Waals surface area contributed by atoms with Crippen molar-refractivity contribution in [1.29, 1.82) is 0 Å². The standard InChI is InChI=1S/C19H17Cl2N3O3/c20-15-6-13(18(26)16(21)8-15)9-22-23-19(27)14-7-17(25)24(11-14)10-12-4-2-1-3-5-12/h1-6,8-9,14,26H,7,10-11H2,(H,23,27)/b22-9+. The van der Waals surface area contributed by atoms with Crippen molar-refractivity contribution in [3.05, 3.63) is 63.6 Å². The summed E-state index contributed by atoms with van der Waals surface area (Å²) in [5, 5.41) is 14.1. The van der Waals surface area contributed by atoms with Gasteiger partial charge in [0.15, 0.2) is 0 Å². The predicted molar refractivity (Wildman–Crippen MR) is 104 cm³/mol. The fourth-order valence-corrected chi connectivity index (χ4v) is 3.35. The summed E-state index contributed by atoms with van der Waals surface area (Å²) in [6.07, 6.45) is 1.39. The number of hydrogen-bond acceptors (Lipinski definition) is 4. The minimum atomic E-state index is -0.477. The number of benzene rings is 2. The molecule has 1 aliphatic heterocycles. The van der Waals surface area contributed by atoms with Crippen molar-refractivity contribution >= 4 is 41.2 Å². The number of carbonyl (C=O) groups excluding carboxylic acids is 2. The lowest BCUT2D eigenvalue weighted by Gasteiger charge is -2.16. The van der Waals surface area contributed by atoms with Crippen molar-refractivity contribution in [2.24, 2.45) is 11.0 Å². The van der Waals surface area contributed by atoms with E-state index in [0.29, 0.717) is 18.1 Å². The van der Waals surface area contributed by atoms with Crippen molar-refractivity contribution in [2.75, 3.05) is 6.54 Å². The Hall–Kier alpha value is -2.57. The molecule has 2 amide bonds. The molecular weight excluding hydrogens is 389 g/mol. The average molecular weight is 406 g/mol. The van der Waals surface area contributed by atoms with E-state index in [0.717, 1.165) is 5.56 Å². The summed E-state index contributed by atoms with van der Waals surface area (Å²) in [6.45, 7) is 0.810. The number of hydrogen-bond donors (Lipinski definition) is 2. The number of hydrazone groups is 1. The number of carbonyl (C=O) groups is 2. The molecule has 27 heavy (non-hydrogen) atoms. The summed E-state index contributed by atoms with van der Waals surface area (Å²) in [4.78, 5) is 26.1. The maximum Gasteiger partial charge on any atom is 0.245 e. The third-order valence-electron chi connectivity index (χ3n) is 4.24. The van der Waals surface area contributed by atoms with Crippen molar-refractivity contribution in [2.45, 2.75) is 13.0 Å². The van der Waals surface area contributed by atoms with Crippen molar-refractivity contribution in [3.63, 3.8) is 0 Å². The van der Waals surface area contributed by atoms with E-state index >= 15 is 0 Å². The van der Waals surface area contributed by atoms with Crippen LogP contribution in [-0.2, 0) is 16.1 Å². The highest BCUT2D eigenvalue weighted by Gasteiger charge is 2.34. The lowest BCUT2D eigenvalue weighted by atomic mass is 10.1. The number of likely N-dealkylation sites (tertiary alicyclic amines) is 1. The van der Waals surface area contributed by atoms with E-state index in [9.17, 15) is 14.7 Å². The summed E-state index contributed by atoms with van der Waals surface area (Å²) >= 11 is 11.7. The van der Waals surface area contributed by atoms with Gasteiger partial charge in [0.1, 0.15) is 5.75 Å². The second kappa shape index (κ2) is 8.41. The quantitative estimate of drug-likeness (QED) is 0.591. The Morgan fingerprint density at radius 2 is 2.04 bits per heavy atom. The zero-order valence-corrected chi connectivity index (χ0v) is 15.7. The number of aromatic hydroxyl groups is 1. The van der Waals surface area contributed by atoms with Crippen LogP contribution in [-0.4, -0.2) is 34.6 Å². The maximum atomic E-state index is 12.3. The summed E-state index contributed by atoms with van der Waals surface area (Å²) < 4.78 is 0. The fourth-order valence-electron chi connectivity index (χ4n) is 2.85. The molecule has 0 saturated carbocycles. The number of halogens is 2. The van der Waals surface area contributed by atoms with Gasteiger partial charge in [0.25, 0.3) is 0 Å². The van der Waals surface area contributed by atoms with Gasteiger partial charge < -0.3 is 10.0 Å². The molecule has 1 unspecified atom stereocenters. The molecule has 2 aromatic carbocycles. The average Bonchev–Trinajstić information content (AvgIpc) is 3.00. The zero-order chi connectivity index (χ0) is 19.4. The molecule has 0 bridgehead atoms. The predicted octanol–water partition coefficient (Wildman–Crippen LogP) is 3.20. The van der Waals surface area contributed by atoms with Gasteiger partial charge in [0.05, 0.1) is 17.2 Å². The third-order valence-corrected chi connectivity index (χ3v) is 4.74. The summed E-state index contributed by atoms with van der Waals surface area (Å²) in [5.74, 6) is -1.08. The van der Waals surface area contributed by atoms with Gasteiger partial charge in [-0.2, -0.15) is 5.10 Å². The summed E-state index contributed by atoms with van der Waals surface area (Å²) in [6, 6.07) is 12.5. The first-order valence-corrected chi connectivity index (χ1v) is 9.02. The molecule has 1 fully saturated rings. The second-order valence-electron chi connectivity index (χ2n) is 6.22. The highest BCUT2D eigenvalue weighted by Crippen LogP contribution is 2.30. The van der Waals surface area contributed by atoms with Gasteiger partial charge in [0, 0.05) is 30.1 Å². The van der Waals surface area contributed by atoms with Crippen LogP contribution < -0.4 is 5.43 Å². The molecule has 3 rings (SSSR count). The topological polar surface area (TPSA) is 82.0 Å². The molecular formula is C19H17Cl2N3O3. The van der Waals surface area contributed by atoms with E-state index in [2.05, 4.69) is 10.5 Å². The molecule has 0 aliphatic carbocycles. The number of amides is 2. The van der Waals surface area contributed by atoms with E-state index in [1.54, 1.807) is 4.90 Å². The molecule has 8 heteroatoms. The Balaban J connectivity index is 1.58. The van der Waals surface area contributed by atoms with Gasteiger partial charge >= 0.3 is 0 Å². The lowest BCUT2D eigenvalue weighted by Crippen LogP contribution is -2.30. The summed E-state index contributed by atoms with van der Waals surface area (Å²) in [7, 11) is 0. The number of phenolic OH excluding ortho intramolecular Hbond substituents is 1. The third kappa shape index (κ3) is 4.78. The van der Waals surface area contributed by atoms with Crippen LogP contribution in [0.2, 0.25) is 10.0 Å². The number of rotatable bonds is 5. The Labute approximate surface area is 166 Å². The molecule has 2 N–H and O–H groups in total. The number of phenols is 1. The largest absolute Gasteiger partial charge is 0.506 e. The van der Waals surface area contributed by atoms with Gasteiger partial charge in [-0.1, -0.05) is 53.5 Å². The highest BCUT2D eigenvalue weighted by molar-refractivity contribution is 6.36. The van der Waals surface area contributed by atoms with Gasteiger partial charge in [-0.3, -0.25) is 9.59 Å². The first-order valence-electron chi connectivity index (χ1n) is 8.26. The van der Waals surface area contributed by atoms with Crippen LogP contribution in [0.1, 0.15) is 17.5 Å². The molecule has 0 radical (unpaired) electrons. The SMILES string of the molecule is O=C(N/N=C/c1cc(Cl)cc(Cl)c1O)C1CC(=O)N(Cc2ccccc2)C1. The molecule has 1 atom stereocenters. The first kappa shape index (κ1) is 19.2. The molecule has 0 spiro atoms. The maximum absolute atomic E-state index is 12.3. The van der Waals surface area contributed by atoms with Crippen molar-refractivity contribution in [3.8, 4) is 5.75 Å². The van der Waals surface area contributed by atoms with Crippen molar-refractivity contribution in [1.82, 2.24) is 10.3 Å². The number of nitrogens with one attached hydrogen (secondary N) is 1. The van der Waals surface area contributed by atoms with Crippen LogP contribution in [0.5, 0.6) is 5.75 Å². The molecule has 2 aromatic rings. The van der Waals surface area contributed by atoms with Crippen LogP contribution in [0.3, 0.4) is 0 Å². The van der Waals surface area contributed by atoms with E-state index in [1.165, 1.54) is 18.3 Å². The fraction of sp³-hybridized carbons (Fsp3) is 0.211. The van der Waals surface area contributed by atoms with Gasteiger partial charge in [-0.15, -0.1) is 0 Å². The number of nitrogens with zero attached hydrogens (tertiary/aromatic N) is 2. The molecule has 1 aliphatic rings. The van der Waals surface area contributed by atoms with E-state index in [-0.39, 0.29) is 34.6 Å². The lowest BCUT2D eigenvalue weighted by molar-refractivity contribution is -0.129. The Morgan fingerprint density at radius 3 is 2.78 bits per heavy atom. The molecule has 1 saturated heterocycles. The Bertz CT molecular complexity index is 887. The van der Waals surface area contributed by atoms with Crippen LogP contribution in [0.4, 0.5) is 0 Å². The highest BCUT2D eigenvalue weighted by atomic mass is 35.5. The molecule has 0 aromatic heterocycles. The van der Waals surface area contributed by atoms with Gasteiger partial charge in [0.2, 0.25) is 11.8 Å². The van der Waals surface area contributed by atoms with E-state index < -0.39 is 5.92 Å². The first-order chi connectivity index (χ1) is 12.9. The normalized spacial score (nSPS) is 16.9. The monoisotopic (exact) mass is 405 g/mol. The molecule has 6 nitrogen and oxygen atoms in total.